The molecule has 0 unspecified atom stereocenters. The molecule has 2 heterocycles. The van der Waals surface area contributed by atoms with Gasteiger partial charge in [-0.1, -0.05) is 6.07 Å². The SMILES string of the molecule is CS(=O)(=O)OCc1cc2ccccn2n1. The second-order valence-electron chi connectivity index (χ2n) is 3.17. The molecule has 0 spiro atoms. The summed E-state index contributed by atoms with van der Waals surface area (Å²) in [5, 5.41) is 4.14. The monoisotopic (exact) mass is 226 g/mol. The molecular formula is C9H10N2O3S. The van der Waals surface area contributed by atoms with Gasteiger partial charge in [0.2, 0.25) is 0 Å². The Hall–Kier alpha value is -1.40. The molecule has 0 radical (unpaired) electrons. The van der Waals surface area contributed by atoms with Crippen molar-refractivity contribution in [1.29, 1.82) is 0 Å². The van der Waals surface area contributed by atoms with E-state index < -0.39 is 10.1 Å². The van der Waals surface area contributed by atoms with Crippen molar-refractivity contribution in [3.05, 3.63) is 36.2 Å². The first-order chi connectivity index (χ1) is 7.04. The number of fused-ring (bicyclic) bond motifs is 1. The van der Waals surface area contributed by atoms with Crippen LogP contribution in [0.5, 0.6) is 0 Å². The van der Waals surface area contributed by atoms with Crippen molar-refractivity contribution in [2.24, 2.45) is 0 Å². The van der Waals surface area contributed by atoms with Crippen molar-refractivity contribution in [2.75, 3.05) is 6.26 Å². The maximum atomic E-state index is 10.8. The Morgan fingerprint density at radius 2 is 2.27 bits per heavy atom. The summed E-state index contributed by atoms with van der Waals surface area (Å²) in [6.07, 6.45) is 2.81. The fraction of sp³-hybridized carbons (Fsp3) is 0.222. The van der Waals surface area contributed by atoms with E-state index in [2.05, 4.69) is 9.28 Å². The zero-order chi connectivity index (χ0) is 10.9. The first-order valence-corrected chi connectivity index (χ1v) is 6.14. The predicted octanol–water partition coefficient (Wildman–Crippen LogP) is 0.810. The van der Waals surface area contributed by atoms with E-state index in [0.29, 0.717) is 5.69 Å². The lowest BCUT2D eigenvalue weighted by atomic mass is 10.4. The molecule has 80 valence electrons. The van der Waals surface area contributed by atoms with Crippen molar-refractivity contribution in [1.82, 2.24) is 9.61 Å². The highest BCUT2D eigenvalue weighted by Gasteiger charge is 2.05. The lowest BCUT2D eigenvalue weighted by Gasteiger charge is -1.95. The third-order valence-electron chi connectivity index (χ3n) is 1.84. The highest BCUT2D eigenvalue weighted by atomic mass is 32.2. The van der Waals surface area contributed by atoms with E-state index in [1.807, 2.05) is 18.2 Å². The first kappa shape index (κ1) is 10.1. The van der Waals surface area contributed by atoms with Gasteiger partial charge in [0.15, 0.2) is 0 Å². The van der Waals surface area contributed by atoms with Crippen molar-refractivity contribution in [3.63, 3.8) is 0 Å². The van der Waals surface area contributed by atoms with Crippen LogP contribution in [0.2, 0.25) is 0 Å². The van der Waals surface area contributed by atoms with E-state index in [0.717, 1.165) is 11.8 Å². The molecule has 0 atom stereocenters. The Bertz CT molecular complexity index is 541. The number of pyridine rings is 1. The third kappa shape index (κ3) is 2.54. The van der Waals surface area contributed by atoms with Gasteiger partial charge in [0.25, 0.3) is 10.1 Å². The molecule has 0 saturated heterocycles. The molecule has 2 aromatic rings. The van der Waals surface area contributed by atoms with Crippen LogP contribution in [0.15, 0.2) is 30.5 Å². The highest BCUT2D eigenvalue weighted by molar-refractivity contribution is 7.85. The van der Waals surface area contributed by atoms with E-state index in [4.69, 9.17) is 0 Å². The van der Waals surface area contributed by atoms with Gasteiger partial charge >= 0.3 is 0 Å². The van der Waals surface area contributed by atoms with Crippen LogP contribution in [0.25, 0.3) is 5.52 Å². The van der Waals surface area contributed by atoms with Crippen molar-refractivity contribution < 1.29 is 12.6 Å². The van der Waals surface area contributed by atoms with Crippen LogP contribution in [0.3, 0.4) is 0 Å². The van der Waals surface area contributed by atoms with Gasteiger partial charge in [0.05, 0.1) is 17.5 Å². The van der Waals surface area contributed by atoms with Gasteiger partial charge in [-0.15, -0.1) is 0 Å². The smallest absolute Gasteiger partial charge is 0.264 e. The minimum absolute atomic E-state index is 0.0273. The maximum Gasteiger partial charge on any atom is 0.264 e. The number of hydrogen-bond donors (Lipinski definition) is 0. The molecule has 0 aromatic carbocycles. The summed E-state index contributed by atoms with van der Waals surface area (Å²) < 4.78 is 27.8. The Balaban J connectivity index is 2.23. The second-order valence-corrected chi connectivity index (χ2v) is 4.82. The zero-order valence-corrected chi connectivity index (χ0v) is 8.94. The van der Waals surface area contributed by atoms with E-state index in [-0.39, 0.29) is 6.61 Å². The number of aromatic nitrogens is 2. The largest absolute Gasteiger partial charge is 0.264 e. The lowest BCUT2D eigenvalue weighted by molar-refractivity contribution is 0.306. The van der Waals surface area contributed by atoms with Crippen LogP contribution >= 0.6 is 0 Å². The molecule has 0 aliphatic rings. The molecule has 2 aromatic heterocycles. The fourth-order valence-corrected chi connectivity index (χ4v) is 1.56. The van der Waals surface area contributed by atoms with Gasteiger partial charge < -0.3 is 0 Å². The first-order valence-electron chi connectivity index (χ1n) is 4.32. The summed E-state index contributed by atoms with van der Waals surface area (Å²) in [5.74, 6) is 0. The minimum Gasteiger partial charge on any atom is -0.264 e. The molecular weight excluding hydrogens is 216 g/mol. The average Bonchev–Trinajstić information content (AvgIpc) is 2.56. The van der Waals surface area contributed by atoms with Crippen molar-refractivity contribution in [2.45, 2.75) is 6.61 Å². The molecule has 0 fully saturated rings. The normalized spacial score (nSPS) is 12.1. The van der Waals surface area contributed by atoms with E-state index in [1.54, 1.807) is 16.8 Å². The second kappa shape index (κ2) is 3.63. The zero-order valence-electron chi connectivity index (χ0n) is 8.12. The number of rotatable bonds is 3. The summed E-state index contributed by atoms with van der Waals surface area (Å²) >= 11 is 0. The minimum atomic E-state index is -3.41. The summed E-state index contributed by atoms with van der Waals surface area (Å²) in [4.78, 5) is 0. The molecule has 0 N–H and O–H groups in total. The van der Waals surface area contributed by atoms with Crippen LogP contribution in [0.4, 0.5) is 0 Å². The van der Waals surface area contributed by atoms with Crippen molar-refractivity contribution >= 4 is 15.6 Å². The summed E-state index contributed by atoms with van der Waals surface area (Å²) in [5.41, 5.74) is 1.50. The Morgan fingerprint density at radius 1 is 1.47 bits per heavy atom. The third-order valence-corrected chi connectivity index (χ3v) is 2.39. The van der Waals surface area contributed by atoms with Gasteiger partial charge in [0, 0.05) is 6.20 Å². The van der Waals surface area contributed by atoms with Crippen LogP contribution in [0, 0.1) is 0 Å². The summed E-state index contributed by atoms with van der Waals surface area (Å²) in [6.45, 7) is -0.0273. The molecule has 0 bridgehead atoms. The number of hydrogen-bond acceptors (Lipinski definition) is 4. The quantitative estimate of drug-likeness (QED) is 0.727. The molecule has 0 aliphatic carbocycles. The Morgan fingerprint density at radius 3 is 2.93 bits per heavy atom. The molecule has 0 amide bonds. The topological polar surface area (TPSA) is 60.7 Å². The standard InChI is InChI=1S/C9H10N2O3S/c1-15(12,13)14-7-8-6-9-4-2-3-5-11(9)10-8/h2-6H,7H2,1H3. The number of nitrogens with zero attached hydrogens (tertiary/aromatic N) is 2. The molecule has 2 rings (SSSR count). The van der Waals surface area contributed by atoms with Gasteiger partial charge in [0.1, 0.15) is 6.61 Å². The van der Waals surface area contributed by atoms with Crippen LogP contribution < -0.4 is 0 Å². The average molecular weight is 226 g/mol. The fourth-order valence-electron chi connectivity index (χ4n) is 1.23. The van der Waals surface area contributed by atoms with Gasteiger partial charge in [-0.2, -0.15) is 13.5 Å². The maximum absolute atomic E-state index is 10.8. The molecule has 5 nitrogen and oxygen atoms in total. The van der Waals surface area contributed by atoms with E-state index in [9.17, 15) is 8.42 Å². The van der Waals surface area contributed by atoms with Crippen molar-refractivity contribution in [3.8, 4) is 0 Å². The van der Waals surface area contributed by atoms with Crippen LogP contribution in [0.1, 0.15) is 5.69 Å². The van der Waals surface area contributed by atoms with E-state index >= 15 is 0 Å². The summed E-state index contributed by atoms with van der Waals surface area (Å²) in [6, 6.07) is 7.40. The van der Waals surface area contributed by atoms with E-state index in [1.165, 1.54) is 0 Å². The predicted molar refractivity (Wildman–Crippen MR) is 54.8 cm³/mol. The lowest BCUT2D eigenvalue weighted by Crippen LogP contribution is -2.03. The summed E-state index contributed by atoms with van der Waals surface area (Å²) in [7, 11) is -3.41. The van der Waals surface area contributed by atoms with Gasteiger partial charge in [-0.05, 0) is 18.2 Å². The van der Waals surface area contributed by atoms with Gasteiger partial charge in [-0.3, -0.25) is 4.18 Å². The molecule has 15 heavy (non-hydrogen) atoms. The van der Waals surface area contributed by atoms with Crippen LogP contribution in [-0.2, 0) is 20.9 Å². The Kier molecular flexibility index (Phi) is 2.45. The Labute approximate surface area is 87.4 Å². The molecule has 0 aliphatic heterocycles. The highest BCUT2D eigenvalue weighted by Crippen LogP contribution is 2.07. The van der Waals surface area contributed by atoms with Gasteiger partial charge in [-0.25, -0.2) is 4.52 Å². The molecule has 0 saturated carbocycles. The van der Waals surface area contributed by atoms with Crippen LogP contribution in [-0.4, -0.2) is 24.3 Å². The molecule has 6 heteroatoms.